The van der Waals surface area contributed by atoms with E-state index in [4.69, 9.17) is 5.11 Å². The van der Waals surface area contributed by atoms with Gasteiger partial charge in [0.25, 0.3) is 5.91 Å². The van der Waals surface area contributed by atoms with Crippen LogP contribution in [0.15, 0.2) is 12.4 Å². The fourth-order valence-corrected chi connectivity index (χ4v) is 1.50. The van der Waals surface area contributed by atoms with Crippen LogP contribution in [0, 0.1) is 0 Å². The summed E-state index contributed by atoms with van der Waals surface area (Å²) in [7, 11) is 0. The number of hydrogen-bond acceptors (Lipinski definition) is 3. The molecule has 17 heavy (non-hydrogen) atoms. The van der Waals surface area contributed by atoms with Crippen molar-refractivity contribution in [2.45, 2.75) is 26.8 Å². The zero-order valence-electron chi connectivity index (χ0n) is 10.1. The van der Waals surface area contributed by atoms with Crippen molar-refractivity contribution in [3.05, 3.63) is 18.0 Å². The van der Waals surface area contributed by atoms with Crippen LogP contribution in [0.5, 0.6) is 0 Å². The number of carboxylic acid groups (broad SMARTS) is 1. The summed E-state index contributed by atoms with van der Waals surface area (Å²) >= 11 is 0. The predicted molar refractivity (Wildman–Crippen MR) is 61.7 cm³/mol. The lowest BCUT2D eigenvalue weighted by molar-refractivity contribution is -0.137. The number of amides is 1. The lowest BCUT2D eigenvalue weighted by atomic mass is 10.3. The quantitative estimate of drug-likeness (QED) is 0.798. The minimum absolute atomic E-state index is 0.000576. The standard InChI is InChI=1S/C11H17N3O3/c1-3-13(4-2)11(17)9-7-12-14(8-9)6-5-10(15)16/h7-8H,3-6H2,1-2H3,(H,15,16). The van der Waals surface area contributed by atoms with E-state index in [1.165, 1.54) is 10.9 Å². The molecule has 0 unspecified atom stereocenters. The highest BCUT2D eigenvalue weighted by Gasteiger charge is 2.14. The summed E-state index contributed by atoms with van der Waals surface area (Å²) in [6.45, 7) is 5.40. The van der Waals surface area contributed by atoms with Gasteiger partial charge in [-0.15, -0.1) is 0 Å². The molecule has 1 aromatic heterocycles. The lowest BCUT2D eigenvalue weighted by Gasteiger charge is -2.17. The van der Waals surface area contributed by atoms with Crippen molar-refractivity contribution < 1.29 is 14.7 Å². The first-order valence-electron chi connectivity index (χ1n) is 5.62. The molecule has 0 saturated carbocycles. The first kappa shape index (κ1) is 13.2. The van der Waals surface area contributed by atoms with Crippen LogP contribution < -0.4 is 0 Å². The Labute approximate surface area is 99.8 Å². The second kappa shape index (κ2) is 6.03. The van der Waals surface area contributed by atoms with Crippen molar-refractivity contribution in [3.8, 4) is 0 Å². The van der Waals surface area contributed by atoms with Crippen LogP contribution in [0.25, 0.3) is 0 Å². The highest BCUT2D eigenvalue weighted by molar-refractivity contribution is 5.93. The van der Waals surface area contributed by atoms with Gasteiger partial charge < -0.3 is 10.0 Å². The van der Waals surface area contributed by atoms with Crippen molar-refractivity contribution in [1.82, 2.24) is 14.7 Å². The predicted octanol–water partition coefficient (Wildman–Crippen LogP) is 0.840. The molecule has 1 amide bonds. The van der Waals surface area contributed by atoms with Gasteiger partial charge in [-0.2, -0.15) is 5.10 Å². The van der Waals surface area contributed by atoms with Gasteiger partial charge in [-0.25, -0.2) is 0 Å². The molecule has 0 aliphatic rings. The number of hydrogen-bond donors (Lipinski definition) is 1. The van der Waals surface area contributed by atoms with Gasteiger partial charge in [0, 0.05) is 19.3 Å². The van der Waals surface area contributed by atoms with Crippen molar-refractivity contribution in [2.24, 2.45) is 0 Å². The van der Waals surface area contributed by atoms with E-state index in [9.17, 15) is 9.59 Å². The van der Waals surface area contributed by atoms with E-state index in [0.29, 0.717) is 18.7 Å². The molecule has 1 aromatic rings. The maximum absolute atomic E-state index is 11.9. The van der Waals surface area contributed by atoms with Gasteiger partial charge in [0.2, 0.25) is 0 Å². The summed E-state index contributed by atoms with van der Waals surface area (Å²) < 4.78 is 1.48. The van der Waals surface area contributed by atoms with Crippen LogP contribution >= 0.6 is 0 Å². The number of aliphatic carboxylic acids is 1. The van der Waals surface area contributed by atoms with Crippen molar-refractivity contribution in [2.75, 3.05) is 13.1 Å². The highest BCUT2D eigenvalue weighted by atomic mass is 16.4. The Morgan fingerprint density at radius 1 is 1.41 bits per heavy atom. The van der Waals surface area contributed by atoms with Gasteiger partial charge in [-0.1, -0.05) is 0 Å². The minimum Gasteiger partial charge on any atom is -0.481 e. The lowest BCUT2D eigenvalue weighted by Crippen LogP contribution is -2.30. The van der Waals surface area contributed by atoms with Crippen LogP contribution in [0.4, 0.5) is 0 Å². The molecule has 0 aromatic carbocycles. The summed E-state index contributed by atoms with van der Waals surface area (Å²) in [4.78, 5) is 24.0. The molecule has 1 N–H and O–H groups in total. The number of nitrogens with zero attached hydrogens (tertiary/aromatic N) is 3. The summed E-state index contributed by atoms with van der Waals surface area (Å²) in [6, 6.07) is 0. The molecule has 0 atom stereocenters. The summed E-state index contributed by atoms with van der Waals surface area (Å²) in [5.41, 5.74) is 0.499. The molecule has 0 bridgehead atoms. The Kier molecular flexibility index (Phi) is 4.68. The average molecular weight is 239 g/mol. The van der Waals surface area contributed by atoms with Gasteiger partial charge >= 0.3 is 5.97 Å². The third kappa shape index (κ3) is 3.58. The van der Waals surface area contributed by atoms with Crippen LogP contribution in [0.1, 0.15) is 30.6 Å². The SMILES string of the molecule is CCN(CC)C(=O)c1cnn(CCC(=O)O)c1. The van der Waals surface area contributed by atoms with Gasteiger partial charge in [0.15, 0.2) is 0 Å². The molecule has 0 saturated heterocycles. The number of carbonyl (C=O) groups excluding carboxylic acids is 1. The van der Waals surface area contributed by atoms with Crippen LogP contribution in [0.3, 0.4) is 0 Å². The second-order valence-corrected chi connectivity index (χ2v) is 3.61. The Hall–Kier alpha value is -1.85. The first-order chi connectivity index (χ1) is 8.08. The van der Waals surface area contributed by atoms with E-state index in [1.807, 2.05) is 13.8 Å². The largest absolute Gasteiger partial charge is 0.481 e. The molecule has 1 heterocycles. The van der Waals surface area contributed by atoms with Crippen molar-refractivity contribution in [3.63, 3.8) is 0 Å². The summed E-state index contributed by atoms with van der Waals surface area (Å²) in [5, 5.41) is 12.5. The number of rotatable bonds is 6. The number of carbonyl (C=O) groups is 2. The molecule has 6 heteroatoms. The monoisotopic (exact) mass is 239 g/mol. The van der Waals surface area contributed by atoms with Gasteiger partial charge in [-0.3, -0.25) is 14.3 Å². The second-order valence-electron chi connectivity index (χ2n) is 3.61. The maximum atomic E-state index is 11.9. The van der Waals surface area contributed by atoms with Gasteiger partial charge in [-0.05, 0) is 13.8 Å². The maximum Gasteiger partial charge on any atom is 0.305 e. The minimum atomic E-state index is -0.878. The van der Waals surface area contributed by atoms with E-state index >= 15 is 0 Å². The number of aromatic nitrogens is 2. The Bertz CT molecular complexity index is 396. The Morgan fingerprint density at radius 3 is 2.59 bits per heavy atom. The average Bonchev–Trinajstić information content (AvgIpc) is 2.76. The fraction of sp³-hybridized carbons (Fsp3) is 0.545. The van der Waals surface area contributed by atoms with Gasteiger partial charge in [0.05, 0.1) is 24.7 Å². The van der Waals surface area contributed by atoms with Crippen molar-refractivity contribution in [1.29, 1.82) is 0 Å². The van der Waals surface area contributed by atoms with Gasteiger partial charge in [0.1, 0.15) is 0 Å². The third-order valence-corrected chi connectivity index (χ3v) is 2.49. The normalized spacial score (nSPS) is 10.2. The van der Waals surface area contributed by atoms with Crippen LogP contribution in [-0.2, 0) is 11.3 Å². The smallest absolute Gasteiger partial charge is 0.305 e. The molecule has 0 radical (unpaired) electrons. The van der Waals surface area contributed by atoms with E-state index in [0.717, 1.165) is 0 Å². The topological polar surface area (TPSA) is 75.4 Å². The van der Waals surface area contributed by atoms with E-state index in [2.05, 4.69) is 5.10 Å². The van der Waals surface area contributed by atoms with E-state index < -0.39 is 5.97 Å². The summed E-state index contributed by atoms with van der Waals surface area (Å²) in [5.74, 6) is -0.950. The zero-order chi connectivity index (χ0) is 12.8. The molecule has 0 spiro atoms. The Morgan fingerprint density at radius 2 is 2.06 bits per heavy atom. The van der Waals surface area contributed by atoms with Crippen LogP contribution in [0.2, 0.25) is 0 Å². The highest BCUT2D eigenvalue weighted by Crippen LogP contribution is 2.04. The molecule has 94 valence electrons. The van der Waals surface area contributed by atoms with Crippen LogP contribution in [-0.4, -0.2) is 44.8 Å². The zero-order valence-corrected chi connectivity index (χ0v) is 10.1. The Balaban J connectivity index is 2.67. The molecule has 0 aliphatic heterocycles. The molecule has 0 aliphatic carbocycles. The van der Waals surface area contributed by atoms with Crippen molar-refractivity contribution >= 4 is 11.9 Å². The molecular formula is C11H17N3O3. The molecule has 6 nitrogen and oxygen atoms in total. The van der Waals surface area contributed by atoms with E-state index in [1.54, 1.807) is 11.1 Å². The summed E-state index contributed by atoms with van der Waals surface area (Å²) in [6.07, 6.45) is 3.06. The van der Waals surface area contributed by atoms with E-state index in [-0.39, 0.29) is 18.9 Å². The number of carboxylic acids is 1. The molecule has 1 rings (SSSR count). The molecular weight excluding hydrogens is 222 g/mol. The number of aryl methyl sites for hydroxylation is 1. The third-order valence-electron chi connectivity index (χ3n) is 2.49. The first-order valence-corrected chi connectivity index (χ1v) is 5.62. The fourth-order valence-electron chi connectivity index (χ4n) is 1.50. The molecule has 0 fully saturated rings.